The van der Waals surface area contributed by atoms with Gasteiger partial charge in [0.05, 0.1) is 25.7 Å². The molecular formula is C23H31N3O6S. The fraction of sp³-hybridized carbons (Fsp3) is 0.391. The highest BCUT2D eigenvalue weighted by molar-refractivity contribution is 7.92. The quantitative estimate of drug-likeness (QED) is 0.531. The maximum Gasteiger partial charge on any atom is 0.244 e. The summed E-state index contributed by atoms with van der Waals surface area (Å²) >= 11 is 0. The molecule has 0 saturated carbocycles. The topological polar surface area (TPSA) is 105 Å². The second-order valence-corrected chi connectivity index (χ2v) is 9.27. The van der Waals surface area contributed by atoms with E-state index in [1.54, 1.807) is 55.5 Å². The van der Waals surface area contributed by atoms with E-state index in [0.717, 1.165) is 16.1 Å². The van der Waals surface area contributed by atoms with E-state index in [9.17, 15) is 18.0 Å². The molecular weight excluding hydrogens is 446 g/mol. The predicted octanol–water partition coefficient (Wildman–Crippen LogP) is 2.02. The molecule has 1 atom stereocenters. The molecule has 0 saturated heterocycles. The van der Waals surface area contributed by atoms with E-state index in [4.69, 9.17) is 9.47 Å². The second-order valence-electron chi connectivity index (χ2n) is 7.36. The summed E-state index contributed by atoms with van der Waals surface area (Å²) in [6.45, 7) is 3.56. The Morgan fingerprint density at radius 1 is 1.09 bits per heavy atom. The van der Waals surface area contributed by atoms with Crippen LogP contribution in [0.1, 0.15) is 19.4 Å². The number of likely N-dealkylation sites (N-methyl/N-ethyl adjacent to an activating group) is 1. The van der Waals surface area contributed by atoms with Crippen molar-refractivity contribution < 1.29 is 27.5 Å². The predicted molar refractivity (Wildman–Crippen MR) is 127 cm³/mol. The third-order valence-corrected chi connectivity index (χ3v) is 6.16. The Morgan fingerprint density at radius 2 is 1.76 bits per heavy atom. The number of nitrogens with one attached hydrogen (secondary N) is 1. The first kappa shape index (κ1) is 26.0. The first-order valence-corrected chi connectivity index (χ1v) is 12.3. The largest absolute Gasteiger partial charge is 0.497 e. The molecule has 10 heteroatoms. The number of hydrogen-bond acceptors (Lipinski definition) is 6. The Bertz CT molecular complexity index is 1060. The van der Waals surface area contributed by atoms with E-state index in [0.29, 0.717) is 23.8 Å². The van der Waals surface area contributed by atoms with Gasteiger partial charge in [0.25, 0.3) is 0 Å². The van der Waals surface area contributed by atoms with Crippen molar-refractivity contribution in [3.05, 3.63) is 54.1 Å². The third-order valence-electron chi connectivity index (χ3n) is 5.02. The summed E-state index contributed by atoms with van der Waals surface area (Å²) in [6, 6.07) is 12.7. The molecule has 2 amide bonds. The van der Waals surface area contributed by atoms with Gasteiger partial charge in [-0.05, 0) is 55.8 Å². The van der Waals surface area contributed by atoms with Crippen molar-refractivity contribution in [1.82, 2.24) is 10.2 Å². The molecule has 0 radical (unpaired) electrons. The van der Waals surface area contributed by atoms with E-state index < -0.39 is 28.5 Å². The monoisotopic (exact) mass is 477 g/mol. The van der Waals surface area contributed by atoms with Gasteiger partial charge < -0.3 is 19.7 Å². The van der Waals surface area contributed by atoms with Crippen LogP contribution in [0.15, 0.2) is 48.5 Å². The Hall–Kier alpha value is -3.27. The van der Waals surface area contributed by atoms with Crippen LogP contribution in [0.4, 0.5) is 5.69 Å². The van der Waals surface area contributed by atoms with Crippen LogP contribution >= 0.6 is 0 Å². The summed E-state index contributed by atoms with van der Waals surface area (Å²) in [5.74, 6) is 0.319. The average Bonchev–Trinajstić information content (AvgIpc) is 2.80. The maximum atomic E-state index is 13.3. The van der Waals surface area contributed by atoms with Gasteiger partial charge in [-0.15, -0.1) is 0 Å². The Kier molecular flexibility index (Phi) is 9.10. The van der Waals surface area contributed by atoms with E-state index in [1.807, 2.05) is 6.92 Å². The van der Waals surface area contributed by atoms with Crippen molar-refractivity contribution in [2.24, 2.45) is 0 Å². The molecule has 9 nitrogen and oxygen atoms in total. The summed E-state index contributed by atoms with van der Waals surface area (Å²) in [4.78, 5) is 27.0. The highest BCUT2D eigenvalue weighted by Crippen LogP contribution is 2.23. The first-order valence-electron chi connectivity index (χ1n) is 10.4. The maximum absolute atomic E-state index is 13.3. The Morgan fingerprint density at radius 3 is 2.30 bits per heavy atom. The van der Waals surface area contributed by atoms with Crippen LogP contribution in [0.3, 0.4) is 0 Å². The van der Waals surface area contributed by atoms with Gasteiger partial charge in [0.2, 0.25) is 21.8 Å². The highest BCUT2D eigenvalue weighted by Gasteiger charge is 2.29. The minimum Gasteiger partial charge on any atom is -0.497 e. The minimum absolute atomic E-state index is 0.103. The van der Waals surface area contributed by atoms with Gasteiger partial charge in [-0.3, -0.25) is 13.9 Å². The van der Waals surface area contributed by atoms with Gasteiger partial charge in [0.15, 0.2) is 0 Å². The molecule has 0 spiro atoms. The molecule has 2 aromatic rings. The number of carbonyl (C=O) groups is 2. The van der Waals surface area contributed by atoms with Crippen LogP contribution in [0.2, 0.25) is 0 Å². The van der Waals surface area contributed by atoms with Crippen molar-refractivity contribution in [2.75, 3.05) is 37.9 Å². The number of amides is 2. The van der Waals surface area contributed by atoms with Crippen molar-refractivity contribution in [3.63, 3.8) is 0 Å². The summed E-state index contributed by atoms with van der Waals surface area (Å²) in [7, 11) is -0.763. The number of hydrogen-bond donors (Lipinski definition) is 1. The summed E-state index contributed by atoms with van der Waals surface area (Å²) < 4.78 is 36.7. The minimum atomic E-state index is -3.78. The summed E-state index contributed by atoms with van der Waals surface area (Å²) in [6.07, 6.45) is 1.03. The number of nitrogens with zero attached hydrogens (tertiary/aromatic N) is 2. The van der Waals surface area contributed by atoms with Crippen LogP contribution in [0.5, 0.6) is 11.5 Å². The number of ether oxygens (including phenoxy) is 2. The van der Waals surface area contributed by atoms with Crippen LogP contribution in [0, 0.1) is 0 Å². The van der Waals surface area contributed by atoms with E-state index in [2.05, 4.69) is 5.32 Å². The number of anilines is 1. The molecule has 0 aromatic heterocycles. The first-order chi connectivity index (χ1) is 15.6. The second kappa shape index (κ2) is 11.6. The zero-order chi connectivity index (χ0) is 24.6. The van der Waals surface area contributed by atoms with Crippen LogP contribution < -0.4 is 19.1 Å². The van der Waals surface area contributed by atoms with Crippen LogP contribution in [-0.2, 0) is 26.2 Å². The standard InChI is InChI=1S/C23H31N3O6S/c1-6-32-20-12-10-19(11-13-20)26(33(5,29)30)16-22(27)25(17(2)23(28)24-3)15-18-8-7-9-21(14-18)31-4/h7-14,17H,6,15-16H2,1-5H3,(H,24,28)/t17-/m1/s1. The Labute approximate surface area is 195 Å². The van der Waals surface area contributed by atoms with Crippen molar-refractivity contribution in [3.8, 4) is 11.5 Å². The number of carbonyl (C=O) groups excluding carboxylic acids is 2. The molecule has 2 rings (SSSR count). The molecule has 0 aliphatic rings. The molecule has 0 unspecified atom stereocenters. The number of benzene rings is 2. The SMILES string of the molecule is CCOc1ccc(N(CC(=O)N(Cc2cccc(OC)c2)[C@H](C)C(=O)NC)S(C)(=O)=O)cc1. The normalized spacial score (nSPS) is 11.9. The van der Waals surface area contributed by atoms with Gasteiger partial charge >= 0.3 is 0 Å². The van der Waals surface area contributed by atoms with Gasteiger partial charge in [-0.2, -0.15) is 0 Å². The van der Waals surface area contributed by atoms with Crippen LogP contribution in [-0.4, -0.2) is 64.7 Å². The van der Waals surface area contributed by atoms with Crippen molar-refractivity contribution in [2.45, 2.75) is 26.4 Å². The lowest BCUT2D eigenvalue weighted by molar-refractivity contribution is -0.139. The molecule has 0 aliphatic carbocycles. The molecule has 2 aromatic carbocycles. The fourth-order valence-corrected chi connectivity index (χ4v) is 4.10. The van der Waals surface area contributed by atoms with E-state index in [1.165, 1.54) is 19.1 Å². The molecule has 1 N–H and O–H groups in total. The zero-order valence-electron chi connectivity index (χ0n) is 19.6. The van der Waals surface area contributed by atoms with Crippen molar-refractivity contribution in [1.29, 1.82) is 0 Å². The van der Waals surface area contributed by atoms with Crippen molar-refractivity contribution >= 4 is 27.5 Å². The van der Waals surface area contributed by atoms with E-state index in [-0.39, 0.29) is 12.5 Å². The zero-order valence-corrected chi connectivity index (χ0v) is 20.4. The highest BCUT2D eigenvalue weighted by atomic mass is 32.2. The number of methoxy groups -OCH3 is 1. The van der Waals surface area contributed by atoms with Gasteiger partial charge in [-0.25, -0.2) is 8.42 Å². The lowest BCUT2D eigenvalue weighted by Crippen LogP contribution is -2.50. The molecule has 0 fully saturated rings. The fourth-order valence-electron chi connectivity index (χ4n) is 3.25. The number of rotatable bonds is 11. The smallest absolute Gasteiger partial charge is 0.244 e. The lowest BCUT2D eigenvalue weighted by atomic mass is 10.1. The lowest BCUT2D eigenvalue weighted by Gasteiger charge is -2.31. The van der Waals surface area contributed by atoms with Crippen LogP contribution in [0.25, 0.3) is 0 Å². The van der Waals surface area contributed by atoms with E-state index >= 15 is 0 Å². The average molecular weight is 478 g/mol. The van der Waals surface area contributed by atoms with Gasteiger partial charge in [-0.1, -0.05) is 12.1 Å². The number of sulfonamides is 1. The third kappa shape index (κ3) is 7.11. The Balaban J connectivity index is 2.36. The molecule has 33 heavy (non-hydrogen) atoms. The molecule has 180 valence electrons. The molecule has 0 heterocycles. The summed E-state index contributed by atoms with van der Waals surface area (Å²) in [5, 5.41) is 2.54. The molecule has 0 aliphatic heterocycles. The summed E-state index contributed by atoms with van der Waals surface area (Å²) in [5.41, 5.74) is 1.06. The van der Waals surface area contributed by atoms with Gasteiger partial charge in [0.1, 0.15) is 24.1 Å². The van der Waals surface area contributed by atoms with Gasteiger partial charge in [0, 0.05) is 13.6 Å². The molecule has 0 bridgehead atoms.